The summed E-state index contributed by atoms with van der Waals surface area (Å²) in [5.41, 5.74) is 2.62. The summed E-state index contributed by atoms with van der Waals surface area (Å²) in [6.45, 7) is 2.95. The van der Waals surface area contributed by atoms with Crippen LogP contribution in [0.15, 0.2) is 28.7 Å². The summed E-state index contributed by atoms with van der Waals surface area (Å²) in [6.07, 6.45) is 1.02. The molecule has 0 saturated heterocycles. The summed E-state index contributed by atoms with van der Waals surface area (Å²) in [6, 6.07) is 8.68. The van der Waals surface area contributed by atoms with Crippen molar-refractivity contribution >= 4 is 43.2 Å². The molecule has 1 aromatic carbocycles. The molecule has 1 aromatic heterocycles. The normalized spacial score (nSPS) is 15.3. The Morgan fingerprint density at radius 2 is 2.17 bits per heavy atom. The lowest BCUT2D eigenvalue weighted by Gasteiger charge is -2.09. The van der Waals surface area contributed by atoms with Gasteiger partial charge in [-0.1, -0.05) is 28.1 Å². The number of benzene rings is 1. The fourth-order valence-electron chi connectivity index (χ4n) is 2.13. The highest BCUT2D eigenvalue weighted by atomic mass is 79.9. The largest absolute Gasteiger partial charge is 0.493 e. The highest BCUT2D eigenvalue weighted by molar-refractivity contribution is 9.10. The molecular formula is C14H12Br2OS. The molecule has 1 aliphatic heterocycles. The maximum atomic E-state index is 5.54. The molecule has 1 aliphatic rings. The maximum absolute atomic E-state index is 5.54. The zero-order valence-corrected chi connectivity index (χ0v) is 13.9. The Hall–Kier alpha value is -0.320. The van der Waals surface area contributed by atoms with Crippen molar-refractivity contribution in [2.45, 2.75) is 18.2 Å². The van der Waals surface area contributed by atoms with E-state index in [1.807, 2.05) is 11.3 Å². The molecule has 0 N–H and O–H groups in total. The van der Waals surface area contributed by atoms with Crippen LogP contribution in [0, 0.1) is 6.92 Å². The lowest BCUT2D eigenvalue weighted by Crippen LogP contribution is -1.90. The number of hydrogen-bond acceptors (Lipinski definition) is 2. The van der Waals surface area contributed by atoms with Gasteiger partial charge in [-0.2, -0.15) is 0 Å². The maximum Gasteiger partial charge on any atom is 0.122 e. The lowest BCUT2D eigenvalue weighted by atomic mass is 10.1. The van der Waals surface area contributed by atoms with Gasteiger partial charge in [0.05, 0.1) is 11.4 Å². The number of thiophene rings is 1. The number of ether oxygens (including phenoxy) is 1. The third-order valence-electron chi connectivity index (χ3n) is 3.13. The van der Waals surface area contributed by atoms with Crippen LogP contribution < -0.4 is 4.74 Å². The van der Waals surface area contributed by atoms with Crippen molar-refractivity contribution in [3.63, 3.8) is 0 Å². The van der Waals surface area contributed by atoms with Crippen molar-refractivity contribution in [3.05, 3.63) is 49.6 Å². The van der Waals surface area contributed by atoms with Crippen molar-refractivity contribution in [2.24, 2.45) is 0 Å². The van der Waals surface area contributed by atoms with Gasteiger partial charge in [0.1, 0.15) is 5.75 Å². The standard InChI is InChI=1S/C14H12Br2OS/c1-8-11(15)7-13(18-8)14(16)10-2-3-12-9(6-10)4-5-17-12/h2-3,6-7,14H,4-5H2,1H3. The van der Waals surface area contributed by atoms with E-state index in [1.54, 1.807) is 0 Å². The van der Waals surface area contributed by atoms with Crippen LogP contribution in [-0.4, -0.2) is 6.61 Å². The van der Waals surface area contributed by atoms with Gasteiger partial charge in [-0.15, -0.1) is 11.3 Å². The molecule has 0 fully saturated rings. The van der Waals surface area contributed by atoms with Gasteiger partial charge in [0, 0.05) is 20.6 Å². The van der Waals surface area contributed by atoms with Crippen LogP contribution in [0.1, 0.15) is 25.7 Å². The lowest BCUT2D eigenvalue weighted by molar-refractivity contribution is 0.357. The van der Waals surface area contributed by atoms with Gasteiger partial charge in [-0.3, -0.25) is 0 Å². The predicted octanol–water partition coefficient (Wildman–Crippen LogP) is 5.24. The van der Waals surface area contributed by atoms with Crippen molar-refractivity contribution < 1.29 is 4.74 Å². The number of alkyl halides is 1. The predicted molar refractivity (Wildman–Crippen MR) is 83.2 cm³/mol. The van der Waals surface area contributed by atoms with Gasteiger partial charge >= 0.3 is 0 Å². The molecule has 1 unspecified atom stereocenters. The zero-order valence-electron chi connectivity index (χ0n) is 9.87. The van der Waals surface area contributed by atoms with Crippen molar-refractivity contribution in [1.82, 2.24) is 0 Å². The SMILES string of the molecule is Cc1sc(C(Br)c2ccc3c(c2)CCO3)cc1Br. The molecule has 4 heteroatoms. The first kappa shape index (κ1) is 12.7. The minimum atomic E-state index is 0.262. The molecule has 94 valence electrons. The second-order valence-electron chi connectivity index (χ2n) is 4.38. The Labute approximate surface area is 127 Å². The Kier molecular flexibility index (Phi) is 3.52. The minimum absolute atomic E-state index is 0.262. The molecule has 0 spiro atoms. The van der Waals surface area contributed by atoms with Crippen molar-refractivity contribution in [2.75, 3.05) is 6.61 Å². The van der Waals surface area contributed by atoms with E-state index in [4.69, 9.17) is 4.74 Å². The van der Waals surface area contributed by atoms with Gasteiger partial charge in [-0.05, 0) is 46.1 Å². The minimum Gasteiger partial charge on any atom is -0.493 e. The molecular weight excluding hydrogens is 376 g/mol. The second-order valence-corrected chi connectivity index (χ2v) is 7.44. The summed E-state index contributed by atoms with van der Waals surface area (Å²) in [5.74, 6) is 1.04. The molecule has 2 aromatic rings. The number of hydrogen-bond donors (Lipinski definition) is 0. The number of rotatable bonds is 2. The van der Waals surface area contributed by atoms with Crippen molar-refractivity contribution in [3.8, 4) is 5.75 Å². The molecule has 0 bridgehead atoms. The van der Waals surface area contributed by atoms with Gasteiger partial charge in [0.15, 0.2) is 0 Å². The topological polar surface area (TPSA) is 9.23 Å². The van der Waals surface area contributed by atoms with Gasteiger partial charge in [0.25, 0.3) is 0 Å². The monoisotopic (exact) mass is 386 g/mol. The van der Waals surface area contributed by atoms with E-state index in [-0.39, 0.29) is 4.83 Å². The first-order valence-corrected chi connectivity index (χ1v) is 8.33. The summed E-state index contributed by atoms with van der Waals surface area (Å²) >= 11 is 9.20. The van der Waals surface area contributed by atoms with E-state index < -0.39 is 0 Å². The smallest absolute Gasteiger partial charge is 0.122 e. The average molecular weight is 388 g/mol. The molecule has 1 atom stereocenters. The molecule has 18 heavy (non-hydrogen) atoms. The fraction of sp³-hybridized carbons (Fsp3) is 0.286. The highest BCUT2D eigenvalue weighted by Gasteiger charge is 2.18. The van der Waals surface area contributed by atoms with E-state index in [2.05, 4.69) is 63.0 Å². The molecule has 3 rings (SSSR count). The first-order valence-electron chi connectivity index (χ1n) is 5.80. The number of fused-ring (bicyclic) bond motifs is 1. The molecule has 0 aliphatic carbocycles. The number of aryl methyl sites for hydroxylation is 1. The molecule has 0 amide bonds. The van der Waals surface area contributed by atoms with E-state index in [1.165, 1.54) is 25.4 Å². The van der Waals surface area contributed by atoms with Crippen LogP contribution in [0.4, 0.5) is 0 Å². The van der Waals surface area contributed by atoms with E-state index >= 15 is 0 Å². The Morgan fingerprint density at radius 3 is 2.89 bits per heavy atom. The Balaban J connectivity index is 1.94. The van der Waals surface area contributed by atoms with Crippen LogP contribution in [0.5, 0.6) is 5.75 Å². The van der Waals surface area contributed by atoms with Crippen LogP contribution in [-0.2, 0) is 6.42 Å². The van der Waals surface area contributed by atoms with Crippen LogP contribution in [0.3, 0.4) is 0 Å². The van der Waals surface area contributed by atoms with Crippen LogP contribution in [0.25, 0.3) is 0 Å². The van der Waals surface area contributed by atoms with Gasteiger partial charge in [0.2, 0.25) is 0 Å². The third-order valence-corrected chi connectivity index (χ3v) is 6.66. The summed E-state index contributed by atoms with van der Waals surface area (Å²) in [5, 5.41) is 0. The highest BCUT2D eigenvalue weighted by Crippen LogP contribution is 2.40. The second kappa shape index (κ2) is 4.99. The van der Waals surface area contributed by atoms with Crippen LogP contribution >= 0.6 is 43.2 Å². The third kappa shape index (κ3) is 2.26. The summed E-state index contributed by atoms with van der Waals surface area (Å²) < 4.78 is 6.73. The van der Waals surface area contributed by atoms with E-state index in [0.717, 1.165) is 18.8 Å². The zero-order chi connectivity index (χ0) is 12.7. The Bertz CT molecular complexity index is 572. The Morgan fingerprint density at radius 1 is 1.33 bits per heavy atom. The average Bonchev–Trinajstić information content (AvgIpc) is 2.95. The van der Waals surface area contributed by atoms with E-state index in [9.17, 15) is 0 Å². The summed E-state index contributed by atoms with van der Waals surface area (Å²) in [4.78, 5) is 2.91. The van der Waals surface area contributed by atoms with E-state index in [0.29, 0.717) is 0 Å². The van der Waals surface area contributed by atoms with Crippen LogP contribution in [0.2, 0.25) is 0 Å². The quantitative estimate of drug-likeness (QED) is 0.640. The van der Waals surface area contributed by atoms with Gasteiger partial charge < -0.3 is 4.74 Å². The molecule has 0 saturated carbocycles. The summed E-state index contributed by atoms with van der Waals surface area (Å²) in [7, 11) is 0. The molecule has 1 nitrogen and oxygen atoms in total. The van der Waals surface area contributed by atoms with Gasteiger partial charge in [-0.25, -0.2) is 0 Å². The molecule has 0 radical (unpaired) electrons. The first-order chi connectivity index (χ1) is 8.65. The van der Waals surface area contributed by atoms with Crippen molar-refractivity contribution in [1.29, 1.82) is 0 Å². The molecule has 2 heterocycles. The fourth-order valence-corrected chi connectivity index (χ4v) is 4.40. The number of halogens is 2.